The van der Waals surface area contributed by atoms with E-state index in [0.29, 0.717) is 6.61 Å². The fraction of sp³-hybridized carbons (Fsp3) is 0.462. The normalized spacial score (nSPS) is 11.1. The molecule has 0 saturated carbocycles. The van der Waals surface area contributed by atoms with Crippen molar-refractivity contribution in [3.8, 4) is 11.4 Å². The Kier molecular flexibility index (Phi) is 4.46. The fourth-order valence-electron chi connectivity index (χ4n) is 1.73. The van der Waals surface area contributed by atoms with Gasteiger partial charge in [-0.1, -0.05) is 0 Å². The summed E-state index contributed by atoms with van der Waals surface area (Å²) in [6.45, 7) is 5.49. The van der Waals surface area contributed by atoms with Gasteiger partial charge in [-0.25, -0.2) is 4.68 Å². The Morgan fingerprint density at radius 3 is 2.68 bits per heavy atom. The molecule has 0 atom stereocenters. The van der Waals surface area contributed by atoms with Crippen molar-refractivity contribution >= 4 is 5.69 Å². The molecule has 0 radical (unpaired) electrons. The number of ether oxygens (including phenoxy) is 1. The molecule has 0 spiro atoms. The highest BCUT2D eigenvalue weighted by molar-refractivity contribution is 5.58. The van der Waals surface area contributed by atoms with Crippen LogP contribution in [0.1, 0.15) is 20.3 Å². The summed E-state index contributed by atoms with van der Waals surface area (Å²) in [6.07, 6.45) is 1.14. The van der Waals surface area contributed by atoms with Crippen molar-refractivity contribution < 1.29 is 4.74 Å². The highest BCUT2D eigenvalue weighted by atomic mass is 16.5. The van der Waals surface area contributed by atoms with Crippen LogP contribution in [0, 0.1) is 0 Å². The third kappa shape index (κ3) is 3.75. The van der Waals surface area contributed by atoms with Crippen molar-refractivity contribution in [3.63, 3.8) is 0 Å². The first-order valence-corrected chi connectivity index (χ1v) is 6.40. The van der Waals surface area contributed by atoms with Crippen LogP contribution in [0.15, 0.2) is 24.3 Å². The monoisotopic (exact) mass is 261 g/mol. The molecule has 0 unspecified atom stereocenters. The van der Waals surface area contributed by atoms with Crippen LogP contribution in [0.3, 0.4) is 0 Å². The molecule has 0 aliphatic heterocycles. The zero-order chi connectivity index (χ0) is 13.7. The van der Waals surface area contributed by atoms with Crippen LogP contribution in [0.5, 0.6) is 0 Å². The molecule has 1 aromatic heterocycles. The molecule has 1 aromatic carbocycles. The second-order valence-corrected chi connectivity index (χ2v) is 4.62. The van der Waals surface area contributed by atoms with Gasteiger partial charge < -0.3 is 10.5 Å². The molecule has 0 fully saturated rings. The van der Waals surface area contributed by atoms with Crippen LogP contribution in [0.2, 0.25) is 0 Å². The minimum Gasteiger partial charge on any atom is -0.399 e. The minimum absolute atomic E-state index is 0.255. The lowest BCUT2D eigenvalue weighted by molar-refractivity contribution is 0.0743. The zero-order valence-electron chi connectivity index (χ0n) is 11.3. The van der Waals surface area contributed by atoms with E-state index in [9.17, 15) is 0 Å². The summed E-state index contributed by atoms with van der Waals surface area (Å²) in [7, 11) is 0. The maximum absolute atomic E-state index is 5.67. The van der Waals surface area contributed by atoms with Crippen LogP contribution >= 0.6 is 0 Å². The molecule has 0 saturated heterocycles. The van der Waals surface area contributed by atoms with Crippen molar-refractivity contribution in [1.29, 1.82) is 0 Å². The van der Waals surface area contributed by atoms with Gasteiger partial charge in [0, 0.05) is 24.4 Å². The van der Waals surface area contributed by atoms with E-state index < -0.39 is 0 Å². The molecular weight excluding hydrogens is 242 g/mol. The number of anilines is 1. The lowest BCUT2D eigenvalue weighted by atomic mass is 10.2. The maximum atomic E-state index is 5.67. The van der Waals surface area contributed by atoms with Crippen molar-refractivity contribution in [2.75, 3.05) is 12.3 Å². The van der Waals surface area contributed by atoms with E-state index in [4.69, 9.17) is 10.5 Å². The van der Waals surface area contributed by atoms with E-state index >= 15 is 0 Å². The standard InChI is InChI=1S/C13H19N5O/c1-10(2)19-9-3-8-18-13(15-16-17-18)11-4-6-12(14)7-5-11/h4-7,10H,3,8-9,14H2,1-2H3. The van der Waals surface area contributed by atoms with E-state index in [1.54, 1.807) is 4.68 Å². The number of nitrogens with zero attached hydrogens (tertiary/aromatic N) is 4. The van der Waals surface area contributed by atoms with Gasteiger partial charge in [0.05, 0.1) is 6.10 Å². The van der Waals surface area contributed by atoms with Gasteiger partial charge in [0.15, 0.2) is 5.82 Å². The molecule has 0 amide bonds. The Labute approximate surface area is 112 Å². The summed E-state index contributed by atoms with van der Waals surface area (Å²) >= 11 is 0. The van der Waals surface area contributed by atoms with Gasteiger partial charge >= 0.3 is 0 Å². The Hall–Kier alpha value is -1.95. The average molecular weight is 261 g/mol. The van der Waals surface area contributed by atoms with Gasteiger partial charge in [0.1, 0.15) is 0 Å². The number of benzene rings is 1. The molecule has 0 aliphatic carbocycles. The maximum Gasteiger partial charge on any atom is 0.182 e. The highest BCUT2D eigenvalue weighted by Crippen LogP contribution is 2.17. The largest absolute Gasteiger partial charge is 0.399 e. The first kappa shape index (κ1) is 13.5. The molecule has 2 rings (SSSR count). The molecule has 0 bridgehead atoms. The van der Waals surface area contributed by atoms with Gasteiger partial charge in [-0.3, -0.25) is 0 Å². The molecule has 19 heavy (non-hydrogen) atoms. The van der Waals surface area contributed by atoms with Gasteiger partial charge in [0.25, 0.3) is 0 Å². The number of aromatic nitrogens is 4. The number of hydrogen-bond acceptors (Lipinski definition) is 5. The topological polar surface area (TPSA) is 78.8 Å². The molecule has 102 valence electrons. The van der Waals surface area contributed by atoms with Crippen LogP contribution in [0.25, 0.3) is 11.4 Å². The minimum atomic E-state index is 0.255. The molecule has 6 heteroatoms. The number of nitrogens with two attached hydrogens (primary N) is 1. The predicted octanol–water partition coefficient (Wildman–Crippen LogP) is 1.74. The van der Waals surface area contributed by atoms with Crippen molar-refractivity contribution in [2.45, 2.75) is 32.9 Å². The molecule has 2 aromatic rings. The Bertz CT molecular complexity index is 506. The van der Waals surface area contributed by atoms with E-state index in [2.05, 4.69) is 15.5 Å². The third-order valence-electron chi connectivity index (χ3n) is 2.67. The lowest BCUT2D eigenvalue weighted by Gasteiger charge is -2.08. The number of aryl methyl sites for hydroxylation is 1. The number of hydrogen-bond donors (Lipinski definition) is 1. The van der Waals surface area contributed by atoms with Crippen LogP contribution < -0.4 is 5.73 Å². The second-order valence-electron chi connectivity index (χ2n) is 4.62. The van der Waals surface area contributed by atoms with E-state index in [1.807, 2.05) is 38.1 Å². The Morgan fingerprint density at radius 1 is 1.26 bits per heavy atom. The molecule has 2 N–H and O–H groups in total. The molecule has 6 nitrogen and oxygen atoms in total. The van der Waals surface area contributed by atoms with Gasteiger partial charge in [0.2, 0.25) is 0 Å². The van der Waals surface area contributed by atoms with Crippen molar-refractivity contribution in [3.05, 3.63) is 24.3 Å². The van der Waals surface area contributed by atoms with E-state index in [0.717, 1.165) is 30.0 Å². The van der Waals surface area contributed by atoms with Crippen LogP contribution in [-0.2, 0) is 11.3 Å². The summed E-state index contributed by atoms with van der Waals surface area (Å²) < 4.78 is 7.29. The summed E-state index contributed by atoms with van der Waals surface area (Å²) in [5.74, 6) is 0.754. The quantitative estimate of drug-likeness (QED) is 0.633. The molecular formula is C13H19N5O. The Morgan fingerprint density at radius 2 is 2.00 bits per heavy atom. The zero-order valence-corrected chi connectivity index (χ0v) is 11.3. The van der Waals surface area contributed by atoms with Crippen LogP contribution in [-0.4, -0.2) is 32.9 Å². The fourth-order valence-corrected chi connectivity index (χ4v) is 1.73. The SMILES string of the molecule is CC(C)OCCCn1nnnc1-c1ccc(N)cc1. The predicted molar refractivity (Wildman–Crippen MR) is 73.4 cm³/mol. The molecule has 0 aliphatic rings. The first-order valence-electron chi connectivity index (χ1n) is 6.40. The van der Waals surface area contributed by atoms with Gasteiger partial charge in [-0.15, -0.1) is 5.10 Å². The smallest absolute Gasteiger partial charge is 0.182 e. The molecule has 1 heterocycles. The number of rotatable bonds is 6. The lowest BCUT2D eigenvalue weighted by Crippen LogP contribution is -2.09. The van der Waals surface area contributed by atoms with Crippen LogP contribution in [0.4, 0.5) is 5.69 Å². The summed E-state index contributed by atoms with van der Waals surface area (Å²) in [5, 5.41) is 11.8. The summed E-state index contributed by atoms with van der Waals surface area (Å²) in [5.41, 5.74) is 7.36. The van der Waals surface area contributed by atoms with Gasteiger partial charge in [-0.2, -0.15) is 0 Å². The second kappa shape index (κ2) is 6.29. The van der Waals surface area contributed by atoms with E-state index in [1.165, 1.54) is 0 Å². The van der Waals surface area contributed by atoms with E-state index in [-0.39, 0.29) is 6.10 Å². The van der Waals surface area contributed by atoms with Crippen molar-refractivity contribution in [2.24, 2.45) is 0 Å². The highest BCUT2D eigenvalue weighted by Gasteiger charge is 2.08. The van der Waals surface area contributed by atoms with Gasteiger partial charge in [-0.05, 0) is 55.0 Å². The average Bonchev–Trinajstić information content (AvgIpc) is 2.84. The summed E-state index contributed by atoms with van der Waals surface area (Å²) in [6, 6.07) is 7.52. The third-order valence-corrected chi connectivity index (χ3v) is 2.67. The Balaban J connectivity index is 1.99. The number of nitrogen functional groups attached to an aromatic ring is 1. The first-order chi connectivity index (χ1) is 9.16. The number of tetrazole rings is 1. The van der Waals surface area contributed by atoms with Crippen molar-refractivity contribution in [1.82, 2.24) is 20.2 Å². The summed E-state index contributed by atoms with van der Waals surface area (Å²) in [4.78, 5) is 0.